The van der Waals surface area contributed by atoms with Gasteiger partial charge in [0.05, 0.1) is 18.3 Å². The Morgan fingerprint density at radius 2 is 2.00 bits per heavy atom. The van der Waals surface area contributed by atoms with E-state index in [2.05, 4.69) is 22.1 Å². The van der Waals surface area contributed by atoms with Gasteiger partial charge in [0.1, 0.15) is 18.2 Å². The number of benzene rings is 2. The van der Waals surface area contributed by atoms with Crippen LogP contribution in [0.1, 0.15) is 38.8 Å². The molecule has 1 aromatic heterocycles. The number of morpholine rings is 1. The fourth-order valence-corrected chi connectivity index (χ4v) is 3.78. The van der Waals surface area contributed by atoms with Crippen LogP contribution < -0.4 is 20.7 Å². The topological polar surface area (TPSA) is 107 Å². The molecule has 8 nitrogen and oxygen atoms in total. The Bertz CT molecular complexity index is 1150. The molecule has 4 rings (SSSR count). The minimum atomic E-state index is -0.550. The molecule has 8 heteroatoms. The molecule has 2 aromatic carbocycles. The average molecular weight is 461 g/mol. The summed E-state index contributed by atoms with van der Waals surface area (Å²) in [5.74, 6) is 0.583. The lowest BCUT2D eigenvalue weighted by Gasteiger charge is -2.32. The summed E-state index contributed by atoms with van der Waals surface area (Å²) >= 11 is 0. The number of amides is 2. The monoisotopic (exact) mass is 460 g/mol. The SMILES string of the molecule is CC1CN(c2ccc(CNC(=O)c3cccc(COc4ccccc4C(N)=O)c3)cn2)CCO1. The first-order valence-electron chi connectivity index (χ1n) is 11.2. The number of ether oxygens (including phenoxy) is 2. The number of carbonyl (C=O) groups is 2. The van der Waals surface area contributed by atoms with Gasteiger partial charge in [0, 0.05) is 31.4 Å². The average Bonchev–Trinajstić information content (AvgIpc) is 2.86. The zero-order valence-corrected chi connectivity index (χ0v) is 19.1. The van der Waals surface area contributed by atoms with E-state index in [4.69, 9.17) is 15.2 Å². The number of pyridine rings is 1. The van der Waals surface area contributed by atoms with Crippen molar-refractivity contribution in [1.82, 2.24) is 10.3 Å². The van der Waals surface area contributed by atoms with Gasteiger partial charge in [-0.05, 0) is 48.4 Å². The van der Waals surface area contributed by atoms with E-state index in [1.165, 1.54) is 0 Å². The van der Waals surface area contributed by atoms with Crippen LogP contribution >= 0.6 is 0 Å². The van der Waals surface area contributed by atoms with Crippen molar-refractivity contribution in [3.63, 3.8) is 0 Å². The molecule has 1 unspecified atom stereocenters. The van der Waals surface area contributed by atoms with Gasteiger partial charge < -0.3 is 25.4 Å². The second-order valence-corrected chi connectivity index (χ2v) is 8.18. The summed E-state index contributed by atoms with van der Waals surface area (Å²) in [5.41, 5.74) is 7.96. The van der Waals surface area contributed by atoms with E-state index in [0.29, 0.717) is 30.0 Å². The molecule has 0 aliphatic carbocycles. The summed E-state index contributed by atoms with van der Waals surface area (Å²) in [6, 6.07) is 17.9. The normalized spacial score (nSPS) is 15.6. The molecule has 34 heavy (non-hydrogen) atoms. The first kappa shape index (κ1) is 23.3. The third kappa shape index (κ3) is 5.90. The van der Waals surface area contributed by atoms with Crippen molar-refractivity contribution in [2.75, 3.05) is 24.6 Å². The smallest absolute Gasteiger partial charge is 0.252 e. The maximum absolute atomic E-state index is 12.7. The highest BCUT2D eigenvalue weighted by atomic mass is 16.5. The molecule has 0 radical (unpaired) electrons. The molecule has 3 aromatic rings. The van der Waals surface area contributed by atoms with E-state index in [-0.39, 0.29) is 18.6 Å². The lowest BCUT2D eigenvalue weighted by molar-refractivity contribution is 0.0529. The number of nitrogens with zero attached hydrogens (tertiary/aromatic N) is 2. The number of hydrogen-bond donors (Lipinski definition) is 2. The molecule has 1 aliphatic heterocycles. The summed E-state index contributed by atoms with van der Waals surface area (Å²) in [7, 11) is 0. The molecule has 1 fully saturated rings. The number of carbonyl (C=O) groups excluding carboxylic acids is 2. The van der Waals surface area contributed by atoms with E-state index in [0.717, 1.165) is 30.0 Å². The van der Waals surface area contributed by atoms with Crippen LogP contribution in [0.25, 0.3) is 0 Å². The first-order chi connectivity index (χ1) is 16.5. The van der Waals surface area contributed by atoms with Crippen LogP contribution in [-0.4, -0.2) is 42.6 Å². The van der Waals surface area contributed by atoms with Crippen LogP contribution in [0.5, 0.6) is 5.75 Å². The second-order valence-electron chi connectivity index (χ2n) is 8.18. The molecule has 0 spiro atoms. The Morgan fingerprint density at radius 3 is 2.76 bits per heavy atom. The van der Waals surface area contributed by atoms with Crippen LogP contribution in [0.3, 0.4) is 0 Å². The number of rotatable bonds is 8. The summed E-state index contributed by atoms with van der Waals surface area (Å²) in [6.07, 6.45) is 1.98. The van der Waals surface area contributed by atoms with E-state index < -0.39 is 5.91 Å². The van der Waals surface area contributed by atoms with Gasteiger partial charge in [-0.15, -0.1) is 0 Å². The highest BCUT2D eigenvalue weighted by Crippen LogP contribution is 2.19. The van der Waals surface area contributed by atoms with Crippen LogP contribution in [-0.2, 0) is 17.9 Å². The van der Waals surface area contributed by atoms with E-state index in [1.54, 1.807) is 48.7 Å². The van der Waals surface area contributed by atoms with Gasteiger partial charge in [-0.1, -0.05) is 30.3 Å². The van der Waals surface area contributed by atoms with E-state index >= 15 is 0 Å². The molecular formula is C26H28N4O4. The Kier molecular flexibility index (Phi) is 7.39. The van der Waals surface area contributed by atoms with Gasteiger partial charge in [-0.25, -0.2) is 4.98 Å². The van der Waals surface area contributed by atoms with Gasteiger partial charge in [-0.3, -0.25) is 9.59 Å². The van der Waals surface area contributed by atoms with Crippen molar-refractivity contribution in [2.24, 2.45) is 5.73 Å². The first-order valence-corrected chi connectivity index (χ1v) is 11.2. The third-order valence-electron chi connectivity index (χ3n) is 5.56. The predicted octanol–water partition coefficient (Wildman–Crippen LogP) is 2.91. The van der Waals surface area contributed by atoms with Crippen molar-refractivity contribution in [3.8, 4) is 5.75 Å². The molecule has 2 heterocycles. The number of aromatic nitrogens is 1. The maximum Gasteiger partial charge on any atom is 0.252 e. The van der Waals surface area contributed by atoms with Crippen molar-refractivity contribution in [2.45, 2.75) is 26.2 Å². The Labute approximate surface area is 198 Å². The zero-order chi connectivity index (χ0) is 23.9. The molecular weight excluding hydrogens is 432 g/mol. The largest absolute Gasteiger partial charge is 0.488 e. The van der Waals surface area contributed by atoms with Crippen LogP contribution in [0, 0.1) is 0 Å². The minimum Gasteiger partial charge on any atom is -0.488 e. The maximum atomic E-state index is 12.7. The van der Waals surface area contributed by atoms with E-state index in [9.17, 15) is 9.59 Å². The van der Waals surface area contributed by atoms with Crippen molar-refractivity contribution < 1.29 is 19.1 Å². The predicted molar refractivity (Wildman–Crippen MR) is 129 cm³/mol. The summed E-state index contributed by atoms with van der Waals surface area (Å²) < 4.78 is 11.3. The quantitative estimate of drug-likeness (QED) is 0.535. The molecule has 1 saturated heterocycles. The highest BCUT2D eigenvalue weighted by molar-refractivity contribution is 5.95. The Balaban J connectivity index is 1.32. The van der Waals surface area contributed by atoms with Crippen molar-refractivity contribution in [1.29, 1.82) is 0 Å². The van der Waals surface area contributed by atoms with Gasteiger partial charge >= 0.3 is 0 Å². The molecule has 2 amide bonds. The standard InChI is InChI=1S/C26H28N4O4/c1-18-16-30(11-12-33-18)24-10-9-20(14-28-24)15-29-26(32)21-6-4-5-19(13-21)17-34-23-8-3-2-7-22(23)25(27)31/h2-10,13-14,18H,11-12,15-17H2,1H3,(H2,27,31)(H,29,32). The van der Waals surface area contributed by atoms with Crippen molar-refractivity contribution in [3.05, 3.63) is 89.1 Å². The molecule has 1 aliphatic rings. The molecule has 0 saturated carbocycles. The summed E-state index contributed by atoms with van der Waals surface area (Å²) in [4.78, 5) is 31.0. The molecule has 3 N–H and O–H groups in total. The lowest BCUT2D eigenvalue weighted by atomic mass is 10.1. The zero-order valence-electron chi connectivity index (χ0n) is 19.1. The van der Waals surface area contributed by atoms with Crippen LogP contribution in [0.2, 0.25) is 0 Å². The number of primary amides is 1. The number of nitrogens with two attached hydrogens (primary N) is 1. The Hall–Kier alpha value is -3.91. The minimum absolute atomic E-state index is 0.188. The molecule has 176 valence electrons. The third-order valence-corrected chi connectivity index (χ3v) is 5.56. The summed E-state index contributed by atoms with van der Waals surface area (Å²) in [5, 5.41) is 2.93. The van der Waals surface area contributed by atoms with Crippen LogP contribution in [0.15, 0.2) is 66.9 Å². The van der Waals surface area contributed by atoms with E-state index in [1.807, 2.05) is 18.2 Å². The van der Waals surface area contributed by atoms with Gasteiger partial charge in [0.25, 0.3) is 11.8 Å². The molecule has 1 atom stereocenters. The second kappa shape index (κ2) is 10.8. The Morgan fingerprint density at radius 1 is 1.15 bits per heavy atom. The van der Waals surface area contributed by atoms with Gasteiger partial charge in [-0.2, -0.15) is 0 Å². The van der Waals surface area contributed by atoms with Crippen LogP contribution in [0.4, 0.5) is 5.82 Å². The lowest BCUT2D eigenvalue weighted by Crippen LogP contribution is -2.41. The fourth-order valence-electron chi connectivity index (χ4n) is 3.78. The molecule has 0 bridgehead atoms. The number of para-hydroxylation sites is 1. The number of anilines is 1. The fraction of sp³-hybridized carbons (Fsp3) is 0.269. The van der Waals surface area contributed by atoms with Crippen molar-refractivity contribution >= 4 is 17.6 Å². The summed E-state index contributed by atoms with van der Waals surface area (Å²) in [6.45, 7) is 4.97. The highest BCUT2D eigenvalue weighted by Gasteiger charge is 2.17. The van der Waals surface area contributed by atoms with Gasteiger partial charge in [0.2, 0.25) is 0 Å². The number of hydrogen-bond acceptors (Lipinski definition) is 6. The number of nitrogens with one attached hydrogen (secondary N) is 1. The van der Waals surface area contributed by atoms with Gasteiger partial charge in [0.15, 0.2) is 0 Å².